The third-order valence-electron chi connectivity index (χ3n) is 6.18. The Hall–Kier alpha value is -4.02. The second-order valence-corrected chi connectivity index (χ2v) is 9.31. The summed E-state index contributed by atoms with van der Waals surface area (Å²) < 4.78 is 2.07. The molecule has 0 saturated carbocycles. The summed E-state index contributed by atoms with van der Waals surface area (Å²) >= 11 is 1.68. The fraction of sp³-hybridized carbons (Fsp3) is 0.0667. The highest BCUT2D eigenvalue weighted by molar-refractivity contribution is 7.18. The number of anilines is 2. The van der Waals surface area contributed by atoms with Crippen LogP contribution in [-0.2, 0) is 6.42 Å². The zero-order valence-corrected chi connectivity index (χ0v) is 19.7. The molecule has 0 aliphatic carbocycles. The van der Waals surface area contributed by atoms with Crippen LogP contribution < -0.4 is 10.00 Å². The first kappa shape index (κ1) is 20.6. The SMILES string of the molecule is CCc1ccc(Nc2n[n+](-c3ccccc3)c(-c3c4ccccc4cc4ccccc34)s2)cc1. The summed E-state index contributed by atoms with van der Waals surface area (Å²) in [7, 11) is 0. The van der Waals surface area contributed by atoms with E-state index in [9.17, 15) is 0 Å². The van der Waals surface area contributed by atoms with Crippen LogP contribution in [0.3, 0.4) is 0 Å². The molecule has 0 fully saturated rings. The van der Waals surface area contributed by atoms with Gasteiger partial charge in [-0.3, -0.25) is 0 Å². The third kappa shape index (κ3) is 3.72. The highest BCUT2D eigenvalue weighted by Gasteiger charge is 2.27. The molecule has 0 aliphatic rings. The van der Waals surface area contributed by atoms with Crippen molar-refractivity contribution in [1.82, 2.24) is 5.10 Å². The van der Waals surface area contributed by atoms with Crippen molar-refractivity contribution >= 4 is 43.7 Å². The molecule has 3 nitrogen and oxygen atoms in total. The minimum Gasteiger partial charge on any atom is -0.327 e. The van der Waals surface area contributed by atoms with Crippen LogP contribution in [0.1, 0.15) is 12.5 Å². The van der Waals surface area contributed by atoms with Crippen LogP contribution in [0.5, 0.6) is 0 Å². The first-order valence-electron chi connectivity index (χ1n) is 11.6. The summed E-state index contributed by atoms with van der Waals surface area (Å²) in [5.74, 6) is 0. The number of hydrogen-bond donors (Lipinski definition) is 1. The van der Waals surface area contributed by atoms with Crippen molar-refractivity contribution in [3.8, 4) is 16.3 Å². The van der Waals surface area contributed by atoms with Gasteiger partial charge in [-0.05, 0) is 67.7 Å². The summed E-state index contributed by atoms with van der Waals surface area (Å²) in [5.41, 5.74) is 4.62. The number of nitrogens with zero attached hydrogens (tertiary/aromatic N) is 2. The van der Waals surface area contributed by atoms with E-state index in [1.54, 1.807) is 11.3 Å². The summed E-state index contributed by atoms with van der Waals surface area (Å²) in [6, 6.07) is 38.5. The van der Waals surface area contributed by atoms with Gasteiger partial charge in [0.05, 0.1) is 5.56 Å². The highest BCUT2D eigenvalue weighted by atomic mass is 32.1. The lowest BCUT2D eigenvalue weighted by atomic mass is 9.97. The van der Waals surface area contributed by atoms with Crippen molar-refractivity contribution in [3.05, 3.63) is 115 Å². The molecule has 0 amide bonds. The van der Waals surface area contributed by atoms with Gasteiger partial charge in [-0.25, -0.2) is 0 Å². The van der Waals surface area contributed by atoms with E-state index in [0.717, 1.165) is 27.9 Å². The molecule has 0 radical (unpaired) electrons. The van der Waals surface area contributed by atoms with E-state index < -0.39 is 0 Å². The number of nitrogens with one attached hydrogen (secondary N) is 1. The highest BCUT2D eigenvalue weighted by Crippen LogP contribution is 2.39. The van der Waals surface area contributed by atoms with Crippen LogP contribution in [-0.4, -0.2) is 5.10 Å². The third-order valence-corrected chi connectivity index (χ3v) is 7.12. The molecule has 5 aromatic carbocycles. The lowest BCUT2D eigenvalue weighted by molar-refractivity contribution is -0.642. The number of rotatable bonds is 5. The van der Waals surface area contributed by atoms with Crippen LogP contribution >= 0.6 is 11.3 Å². The normalized spacial score (nSPS) is 11.2. The number of para-hydroxylation sites is 1. The Balaban J connectivity index is 1.59. The number of aromatic nitrogens is 2. The molecule has 6 rings (SSSR count). The van der Waals surface area contributed by atoms with Gasteiger partial charge in [-0.15, -0.1) is 0 Å². The van der Waals surface area contributed by atoms with Gasteiger partial charge in [0.1, 0.15) is 0 Å². The minimum absolute atomic E-state index is 0.861. The second kappa shape index (κ2) is 8.73. The monoisotopic (exact) mass is 458 g/mol. The topological polar surface area (TPSA) is 28.8 Å². The van der Waals surface area contributed by atoms with Crippen LogP contribution in [0, 0.1) is 0 Å². The molecule has 0 spiro atoms. The van der Waals surface area contributed by atoms with E-state index in [4.69, 9.17) is 5.10 Å². The van der Waals surface area contributed by atoms with Crippen molar-refractivity contribution < 1.29 is 4.68 Å². The van der Waals surface area contributed by atoms with Gasteiger partial charge in [0, 0.05) is 22.9 Å². The first-order valence-corrected chi connectivity index (χ1v) is 12.4. The van der Waals surface area contributed by atoms with E-state index in [1.807, 2.05) is 6.07 Å². The van der Waals surface area contributed by atoms with Gasteiger partial charge in [0.2, 0.25) is 5.69 Å². The zero-order chi connectivity index (χ0) is 22.9. The number of benzene rings is 5. The van der Waals surface area contributed by atoms with Crippen LogP contribution in [0.15, 0.2) is 109 Å². The van der Waals surface area contributed by atoms with Gasteiger partial charge in [0.25, 0.3) is 5.13 Å². The summed E-state index contributed by atoms with van der Waals surface area (Å²) in [6.07, 6.45) is 1.03. The average molecular weight is 459 g/mol. The molecule has 0 unspecified atom stereocenters. The Kier molecular flexibility index (Phi) is 5.28. The molecule has 0 saturated heterocycles. The van der Waals surface area contributed by atoms with Gasteiger partial charge in [0.15, 0.2) is 0 Å². The Labute approximate surface area is 203 Å². The Morgan fingerprint density at radius 3 is 2.00 bits per heavy atom. The molecule has 0 aliphatic heterocycles. The van der Waals surface area contributed by atoms with Crippen molar-refractivity contribution in [2.45, 2.75) is 13.3 Å². The molecular weight excluding hydrogens is 434 g/mol. The largest absolute Gasteiger partial charge is 0.327 e. The maximum Gasteiger partial charge on any atom is 0.306 e. The fourth-order valence-electron chi connectivity index (χ4n) is 4.43. The number of fused-ring (bicyclic) bond motifs is 2. The molecule has 1 aromatic heterocycles. The quantitative estimate of drug-likeness (QED) is 0.212. The van der Waals surface area contributed by atoms with E-state index in [0.29, 0.717) is 0 Å². The number of aryl methyl sites for hydroxylation is 1. The van der Waals surface area contributed by atoms with Gasteiger partial charge < -0.3 is 5.32 Å². The first-order chi connectivity index (χ1) is 16.8. The predicted molar refractivity (Wildman–Crippen MR) is 143 cm³/mol. The van der Waals surface area contributed by atoms with E-state index >= 15 is 0 Å². The predicted octanol–water partition coefficient (Wildman–Crippen LogP) is 7.70. The molecule has 6 aromatic rings. The fourth-order valence-corrected chi connectivity index (χ4v) is 5.46. The van der Waals surface area contributed by atoms with Crippen LogP contribution in [0.25, 0.3) is 37.8 Å². The molecule has 0 atom stereocenters. The molecule has 34 heavy (non-hydrogen) atoms. The maximum absolute atomic E-state index is 5.03. The Morgan fingerprint density at radius 1 is 0.735 bits per heavy atom. The van der Waals surface area contributed by atoms with E-state index in [-0.39, 0.29) is 0 Å². The van der Waals surface area contributed by atoms with Crippen molar-refractivity contribution in [2.75, 3.05) is 5.32 Å². The lowest BCUT2D eigenvalue weighted by Crippen LogP contribution is -2.34. The maximum atomic E-state index is 5.03. The second-order valence-electron chi connectivity index (χ2n) is 8.33. The minimum atomic E-state index is 0.861. The molecule has 0 bridgehead atoms. The molecule has 164 valence electrons. The average Bonchev–Trinajstić information content (AvgIpc) is 3.31. The van der Waals surface area contributed by atoms with Gasteiger partial charge in [-0.2, -0.15) is 0 Å². The zero-order valence-electron chi connectivity index (χ0n) is 18.9. The van der Waals surface area contributed by atoms with E-state index in [2.05, 4.69) is 120 Å². The van der Waals surface area contributed by atoms with Gasteiger partial charge in [-0.1, -0.05) is 85.8 Å². The number of hydrogen-bond acceptors (Lipinski definition) is 3. The van der Waals surface area contributed by atoms with E-state index in [1.165, 1.54) is 32.7 Å². The summed E-state index contributed by atoms with van der Waals surface area (Å²) in [4.78, 5) is 0. The summed E-state index contributed by atoms with van der Waals surface area (Å²) in [6.45, 7) is 2.17. The Bertz CT molecular complexity index is 1550. The van der Waals surface area contributed by atoms with Crippen molar-refractivity contribution in [3.63, 3.8) is 0 Å². The molecular formula is C30H24N3S+. The summed E-state index contributed by atoms with van der Waals surface area (Å²) in [5, 5.41) is 15.5. The van der Waals surface area contributed by atoms with Crippen molar-refractivity contribution in [2.24, 2.45) is 0 Å². The van der Waals surface area contributed by atoms with Crippen LogP contribution in [0.4, 0.5) is 10.8 Å². The van der Waals surface area contributed by atoms with Crippen molar-refractivity contribution in [1.29, 1.82) is 0 Å². The van der Waals surface area contributed by atoms with Gasteiger partial charge >= 0.3 is 5.01 Å². The molecule has 1 N–H and O–H groups in total. The van der Waals surface area contributed by atoms with Crippen LogP contribution in [0.2, 0.25) is 0 Å². The Morgan fingerprint density at radius 2 is 1.35 bits per heavy atom. The standard InChI is InChI=1S/C30H24N3S/c1-2-21-16-18-24(19-17-21)31-30-32-33(25-12-4-3-5-13-25)29(34-30)28-26-14-8-6-10-22(26)20-23-11-7-9-15-27(23)28/h3-20H,2H2,1H3,(H,31,32)/q+1. The molecule has 1 heterocycles. The molecule has 4 heteroatoms. The lowest BCUT2D eigenvalue weighted by Gasteiger charge is -2.08. The smallest absolute Gasteiger partial charge is 0.306 e.